The highest BCUT2D eigenvalue weighted by Crippen LogP contribution is 2.53. The topological polar surface area (TPSA) is 3.24 Å². The lowest BCUT2D eigenvalue weighted by Gasteiger charge is -2.30. The van der Waals surface area contributed by atoms with Crippen LogP contribution in [0, 0.1) is 0 Å². The van der Waals surface area contributed by atoms with Crippen LogP contribution in [0.1, 0.15) is 51.3 Å². The molecule has 1 aliphatic carbocycles. The van der Waals surface area contributed by atoms with Gasteiger partial charge in [-0.2, -0.15) is 0 Å². The highest BCUT2D eigenvalue weighted by molar-refractivity contribution is 7.25. The van der Waals surface area contributed by atoms with E-state index in [-0.39, 0.29) is 10.8 Å². The van der Waals surface area contributed by atoms with Crippen LogP contribution >= 0.6 is 11.3 Å². The first-order valence-electron chi connectivity index (χ1n) is 21.4. The maximum atomic E-state index is 2.50. The van der Waals surface area contributed by atoms with Crippen molar-refractivity contribution in [2.75, 3.05) is 4.90 Å². The molecule has 0 saturated heterocycles. The Hall–Kier alpha value is -6.74. The Balaban J connectivity index is 1.16. The Morgan fingerprint density at radius 3 is 1.80 bits per heavy atom. The number of hydrogen-bond acceptors (Lipinski definition) is 2. The van der Waals surface area contributed by atoms with Gasteiger partial charge in [0.05, 0.1) is 5.69 Å². The monoisotopic (exact) mass is 801 g/mol. The van der Waals surface area contributed by atoms with Crippen LogP contribution in [0.25, 0.3) is 75.5 Å². The lowest BCUT2D eigenvalue weighted by atomic mass is 9.82. The van der Waals surface area contributed by atoms with E-state index in [1.165, 1.54) is 92.1 Å². The maximum Gasteiger partial charge on any atom is 0.0546 e. The van der Waals surface area contributed by atoms with Gasteiger partial charge in [0.2, 0.25) is 0 Å². The van der Waals surface area contributed by atoms with E-state index in [1.807, 2.05) is 11.3 Å². The van der Waals surface area contributed by atoms with Gasteiger partial charge < -0.3 is 4.90 Å². The van der Waals surface area contributed by atoms with Crippen molar-refractivity contribution in [3.63, 3.8) is 0 Å². The molecular formula is C59H47NS. The lowest BCUT2D eigenvalue weighted by Crippen LogP contribution is -2.15. The van der Waals surface area contributed by atoms with Crippen molar-refractivity contribution in [2.45, 2.75) is 45.4 Å². The second kappa shape index (κ2) is 14.2. The summed E-state index contributed by atoms with van der Waals surface area (Å²) in [6.07, 6.45) is 0. The van der Waals surface area contributed by atoms with E-state index in [9.17, 15) is 0 Å². The molecule has 1 aliphatic rings. The number of nitrogens with zero attached hydrogens (tertiary/aromatic N) is 1. The number of thiophene rings is 1. The van der Waals surface area contributed by atoms with E-state index in [2.05, 4.69) is 234 Å². The molecule has 0 N–H and O–H groups in total. The highest BCUT2D eigenvalue weighted by atomic mass is 32.1. The van der Waals surface area contributed by atoms with Gasteiger partial charge in [-0.3, -0.25) is 0 Å². The summed E-state index contributed by atoms with van der Waals surface area (Å²) in [5.41, 5.74) is 17.5. The van der Waals surface area contributed by atoms with Gasteiger partial charge in [0.15, 0.2) is 0 Å². The number of hydrogen-bond donors (Lipinski definition) is 0. The summed E-state index contributed by atoms with van der Waals surface area (Å²) in [5, 5.41) is 5.07. The second-order valence-electron chi connectivity index (χ2n) is 18.1. The van der Waals surface area contributed by atoms with Crippen molar-refractivity contribution in [1.29, 1.82) is 0 Å². The summed E-state index contributed by atoms with van der Waals surface area (Å²) < 4.78 is 2.62. The van der Waals surface area contributed by atoms with Crippen LogP contribution in [0.2, 0.25) is 0 Å². The van der Waals surface area contributed by atoms with E-state index < -0.39 is 0 Å². The average Bonchev–Trinajstić information content (AvgIpc) is 3.78. The summed E-state index contributed by atoms with van der Waals surface area (Å²) in [4.78, 5) is 2.50. The minimum absolute atomic E-state index is 0.0840. The maximum absolute atomic E-state index is 2.50. The molecule has 2 heteroatoms. The van der Waals surface area contributed by atoms with Crippen LogP contribution in [0.4, 0.5) is 17.1 Å². The van der Waals surface area contributed by atoms with Crippen molar-refractivity contribution in [2.24, 2.45) is 0 Å². The first kappa shape index (κ1) is 37.3. The fraction of sp³-hybridized carbons (Fsp3) is 0.119. The van der Waals surface area contributed by atoms with Gasteiger partial charge in [0.25, 0.3) is 0 Å². The predicted molar refractivity (Wildman–Crippen MR) is 264 cm³/mol. The third-order valence-corrected chi connectivity index (χ3v) is 14.2. The number of rotatable bonds is 6. The quantitative estimate of drug-likeness (QED) is 0.162. The zero-order valence-electron chi connectivity index (χ0n) is 35.3. The summed E-state index contributed by atoms with van der Waals surface area (Å²) in [7, 11) is 0. The number of anilines is 3. The molecule has 0 bridgehead atoms. The zero-order valence-corrected chi connectivity index (χ0v) is 36.1. The van der Waals surface area contributed by atoms with Crippen LogP contribution in [0.5, 0.6) is 0 Å². The molecule has 1 heterocycles. The highest BCUT2D eigenvalue weighted by Gasteiger charge is 2.36. The van der Waals surface area contributed by atoms with Gasteiger partial charge >= 0.3 is 0 Å². The predicted octanol–water partition coefficient (Wildman–Crippen LogP) is 17.3. The van der Waals surface area contributed by atoms with Crippen LogP contribution < -0.4 is 4.90 Å². The smallest absolute Gasteiger partial charge is 0.0546 e. The van der Waals surface area contributed by atoms with Gasteiger partial charge in [-0.1, -0.05) is 186 Å². The van der Waals surface area contributed by atoms with Gasteiger partial charge in [0.1, 0.15) is 0 Å². The van der Waals surface area contributed by atoms with E-state index in [0.29, 0.717) is 0 Å². The van der Waals surface area contributed by atoms with Gasteiger partial charge in [-0.15, -0.1) is 11.3 Å². The van der Waals surface area contributed by atoms with Crippen LogP contribution in [-0.4, -0.2) is 0 Å². The van der Waals surface area contributed by atoms with Crippen molar-refractivity contribution in [3.8, 4) is 44.5 Å². The molecule has 0 aliphatic heterocycles. The third-order valence-electron chi connectivity index (χ3n) is 13.1. The Labute approximate surface area is 363 Å². The molecule has 1 aromatic heterocycles. The Kier molecular flexibility index (Phi) is 8.67. The average molecular weight is 802 g/mol. The summed E-state index contributed by atoms with van der Waals surface area (Å²) in [6, 6.07) is 72.6. The summed E-state index contributed by atoms with van der Waals surface area (Å²) >= 11 is 1.87. The molecule has 0 unspecified atom stereocenters. The van der Waals surface area contributed by atoms with Crippen LogP contribution in [-0.2, 0) is 10.8 Å². The van der Waals surface area contributed by atoms with Crippen LogP contribution in [0.15, 0.2) is 194 Å². The van der Waals surface area contributed by atoms with Crippen molar-refractivity contribution >= 4 is 59.3 Å². The number of benzene rings is 9. The van der Waals surface area contributed by atoms with E-state index in [0.717, 1.165) is 17.1 Å². The molecular weight excluding hydrogens is 755 g/mol. The SMILES string of the molecule is CC(C)(C)c1ccc(-c2ccc(N(c3ccc4c(c3)-c3ccccc3C4(C)C)c3ccc4ccccc4c3-c3ccccc3-c3cccc4sc5ccccc5c34)cc2)cc1. The van der Waals surface area contributed by atoms with E-state index in [1.54, 1.807) is 0 Å². The Morgan fingerprint density at radius 2 is 1.03 bits per heavy atom. The number of fused-ring (bicyclic) bond motifs is 7. The molecule has 1 nitrogen and oxygen atoms in total. The van der Waals surface area contributed by atoms with Crippen molar-refractivity contribution in [3.05, 3.63) is 211 Å². The molecule has 61 heavy (non-hydrogen) atoms. The first-order valence-corrected chi connectivity index (χ1v) is 22.2. The normalized spacial score (nSPS) is 13.1. The molecule has 294 valence electrons. The lowest BCUT2D eigenvalue weighted by molar-refractivity contribution is 0.590. The van der Waals surface area contributed by atoms with Gasteiger partial charge in [0, 0.05) is 42.5 Å². The first-order chi connectivity index (χ1) is 29.6. The minimum atomic E-state index is -0.0840. The molecule has 9 aromatic carbocycles. The molecule has 0 atom stereocenters. The fourth-order valence-electron chi connectivity index (χ4n) is 9.90. The van der Waals surface area contributed by atoms with Crippen LogP contribution in [0.3, 0.4) is 0 Å². The molecule has 0 radical (unpaired) electrons. The molecule has 11 rings (SSSR count). The van der Waals surface area contributed by atoms with Crippen molar-refractivity contribution in [1.82, 2.24) is 0 Å². The largest absolute Gasteiger partial charge is 0.310 e. The molecule has 0 spiro atoms. The standard InChI is InChI=1S/C59H47NS/c1-58(2,3)41-30-25-38(26-31-41)39-27-32-42(33-28-39)60(43-34-35-52-50(37-43)46-18-10-12-22-51(46)59(52,4)5)53-36-29-40-15-6-7-16-44(40)56(53)47-19-9-8-17-45(47)48-21-14-24-55-57(48)49-20-11-13-23-54(49)61-55/h6-37H,1-5H3. The minimum Gasteiger partial charge on any atom is -0.310 e. The van der Waals surface area contributed by atoms with E-state index >= 15 is 0 Å². The van der Waals surface area contributed by atoms with Gasteiger partial charge in [-0.05, 0) is 114 Å². The summed E-state index contributed by atoms with van der Waals surface area (Å²) in [5.74, 6) is 0. The molecule has 0 saturated carbocycles. The fourth-order valence-corrected chi connectivity index (χ4v) is 11.0. The molecule has 10 aromatic rings. The summed E-state index contributed by atoms with van der Waals surface area (Å²) in [6.45, 7) is 11.5. The Bertz CT molecular complexity index is 3300. The Morgan fingerprint density at radius 1 is 0.443 bits per heavy atom. The third kappa shape index (κ3) is 6.12. The second-order valence-corrected chi connectivity index (χ2v) is 19.2. The van der Waals surface area contributed by atoms with Gasteiger partial charge in [-0.25, -0.2) is 0 Å². The molecule has 0 fully saturated rings. The zero-order chi connectivity index (χ0) is 41.5. The molecule has 0 amide bonds. The van der Waals surface area contributed by atoms with Crippen molar-refractivity contribution < 1.29 is 0 Å². The van der Waals surface area contributed by atoms with E-state index in [4.69, 9.17) is 0 Å².